The predicted molar refractivity (Wildman–Crippen MR) is 154 cm³/mol. The Bertz CT molecular complexity index is 1290. The molecule has 3 heterocycles. The maximum atomic E-state index is 14.0. The third-order valence-electron chi connectivity index (χ3n) is 8.23. The highest BCUT2D eigenvalue weighted by molar-refractivity contribution is 6.06. The van der Waals surface area contributed by atoms with Crippen molar-refractivity contribution in [3.8, 4) is 0 Å². The van der Waals surface area contributed by atoms with E-state index in [2.05, 4.69) is 77.4 Å². The Labute approximate surface area is 225 Å². The molecule has 0 atom stereocenters. The third kappa shape index (κ3) is 4.69. The highest BCUT2D eigenvalue weighted by atomic mass is 16.2. The number of aryl methyl sites for hydroxylation is 2. The van der Waals surface area contributed by atoms with Crippen LogP contribution in [-0.2, 0) is 6.54 Å². The van der Waals surface area contributed by atoms with Crippen molar-refractivity contribution in [2.75, 3.05) is 53.2 Å². The number of urea groups is 1. The number of carbonyl (C=O) groups is 1. The molecule has 2 fully saturated rings. The van der Waals surface area contributed by atoms with Gasteiger partial charge in [0.15, 0.2) is 0 Å². The molecule has 1 saturated carbocycles. The largest absolute Gasteiger partial charge is 0.369 e. The Hall–Kier alpha value is -3.65. The molecule has 2 amide bonds. The summed E-state index contributed by atoms with van der Waals surface area (Å²) in [4.78, 5) is 32.3. The van der Waals surface area contributed by atoms with Crippen molar-refractivity contribution in [1.29, 1.82) is 0 Å². The van der Waals surface area contributed by atoms with Gasteiger partial charge in [-0.1, -0.05) is 31.0 Å². The van der Waals surface area contributed by atoms with Gasteiger partial charge in [0.25, 0.3) is 0 Å². The zero-order chi connectivity index (χ0) is 26.2. The molecule has 1 aliphatic carbocycles. The number of rotatable bonds is 5. The van der Waals surface area contributed by atoms with Crippen LogP contribution >= 0.6 is 0 Å². The molecule has 8 heteroatoms. The maximum Gasteiger partial charge on any atom is 0.330 e. The van der Waals surface area contributed by atoms with E-state index in [0.29, 0.717) is 12.5 Å². The number of fused-ring (bicyclic) bond motifs is 1. The number of carbonyl (C=O) groups excluding carboxylic acids is 1. The molecule has 2 aliphatic heterocycles. The number of aromatic nitrogens is 2. The fourth-order valence-electron chi connectivity index (χ4n) is 6.08. The standard InChI is InChI=1S/C30H37N7O/c1-21-7-6-8-22(2)27(21)36-20-23-19-31-29(33-28(23)37(30(36)38)26-9-4-5-10-26)32-24-11-13-25(14-12-24)35-17-15-34(3)16-18-35/h6-8,11-14,19,26H,4-5,9-10,15-18,20H2,1-3H3,(H,31,32,33). The number of nitrogens with one attached hydrogen (secondary N) is 1. The number of para-hydroxylation sites is 1. The second-order valence-corrected chi connectivity index (χ2v) is 10.9. The van der Waals surface area contributed by atoms with Gasteiger partial charge in [0, 0.05) is 55.4 Å². The van der Waals surface area contributed by atoms with Crippen molar-refractivity contribution in [3.63, 3.8) is 0 Å². The first kappa shape index (κ1) is 24.7. The topological polar surface area (TPSA) is 67.8 Å². The first-order valence-corrected chi connectivity index (χ1v) is 13.8. The highest BCUT2D eigenvalue weighted by Crippen LogP contribution is 2.38. The van der Waals surface area contributed by atoms with Gasteiger partial charge < -0.3 is 15.1 Å². The summed E-state index contributed by atoms with van der Waals surface area (Å²) in [6.07, 6.45) is 6.18. The van der Waals surface area contributed by atoms with E-state index < -0.39 is 0 Å². The molecule has 2 aromatic carbocycles. The van der Waals surface area contributed by atoms with Gasteiger partial charge in [-0.2, -0.15) is 4.98 Å². The summed E-state index contributed by atoms with van der Waals surface area (Å²) < 4.78 is 0. The van der Waals surface area contributed by atoms with Crippen molar-refractivity contribution in [2.24, 2.45) is 0 Å². The van der Waals surface area contributed by atoms with E-state index >= 15 is 0 Å². The SMILES string of the molecule is Cc1cccc(C)c1N1Cc2cnc(Nc3ccc(N4CCN(C)CC4)cc3)nc2N(C2CCCC2)C1=O. The van der Waals surface area contributed by atoms with Crippen LogP contribution in [0.25, 0.3) is 0 Å². The first-order valence-electron chi connectivity index (χ1n) is 13.8. The van der Waals surface area contributed by atoms with Crippen LogP contribution in [0, 0.1) is 13.8 Å². The Morgan fingerprint density at radius 2 is 1.61 bits per heavy atom. The van der Waals surface area contributed by atoms with E-state index in [1.54, 1.807) is 0 Å². The van der Waals surface area contributed by atoms with Crippen LogP contribution in [0.4, 0.5) is 33.6 Å². The molecule has 1 N–H and O–H groups in total. The summed E-state index contributed by atoms with van der Waals surface area (Å²) in [6.45, 7) is 8.87. The minimum absolute atomic E-state index is 0.0166. The van der Waals surface area contributed by atoms with Crippen molar-refractivity contribution in [1.82, 2.24) is 14.9 Å². The van der Waals surface area contributed by atoms with Crippen molar-refractivity contribution in [2.45, 2.75) is 52.1 Å². The number of nitrogens with zero attached hydrogens (tertiary/aromatic N) is 6. The minimum atomic E-state index is 0.0166. The molecule has 8 nitrogen and oxygen atoms in total. The second-order valence-electron chi connectivity index (χ2n) is 10.9. The molecule has 198 valence electrons. The number of likely N-dealkylation sites (N-methyl/N-ethyl adjacent to an activating group) is 1. The van der Waals surface area contributed by atoms with E-state index in [-0.39, 0.29) is 12.1 Å². The number of piperazine rings is 1. The van der Waals surface area contributed by atoms with E-state index in [9.17, 15) is 4.79 Å². The lowest BCUT2D eigenvalue weighted by Crippen LogP contribution is -2.52. The third-order valence-corrected chi connectivity index (χ3v) is 8.23. The van der Waals surface area contributed by atoms with Crippen LogP contribution in [0.1, 0.15) is 42.4 Å². The Morgan fingerprint density at radius 1 is 0.921 bits per heavy atom. The number of anilines is 5. The lowest BCUT2D eigenvalue weighted by molar-refractivity contribution is 0.247. The summed E-state index contributed by atoms with van der Waals surface area (Å²) in [5.41, 5.74) is 6.36. The van der Waals surface area contributed by atoms with E-state index in [1.165, 1.54) is 5.69 Å². The van der Waals surface area contributed by atoms with Gasteiger partial charge in [-0.25, -0.2) is 9.78 Å². The van der Waals surface area contributed by atoms with Gasteiger partial charge in [0.1, 0.15) is 5.82 Å². The summed E-state index contributed by atoms with van der Waals surface area (Å²) in [5.74, 6) is 1.27. The molecule has 0 bridgehead atoms. The monoisotopic (exact) mass is 511 g/mol. The van der Waals surface area contributed by atoms with Crippen molar-refractivity contribution >= 4 is 34.9 Å². The van der Waals surface area contributed by atoms with Gasteiger partial charge in [0.2, 0.25) is 5.95 Å². The van der Waals surface area contributed by atoms with Gasteiger partial charge in [-0.05, 0) is 69.1 Å². The molecule has 0 spiro atoms. The molecular weight excluding hydrogens is 474 g/mol. The number of hydrogen-bond donors (Lipinski definition) is 1. The zero-order valence-electron chi connectivity index (χ0n) is 22.7. The van der Waals surface area contributed by atoms with Crippen LogP contribution in [0.5, 0.6) is 0 Å². The smallest absolute Gasteiger partial charge is 0.330 e. The summed E-state index contributed by atoms with van der Waals surface area (Å²) >= 11 is 0. The molecule has 6 rings (SSSR count). The summed E-state index contributed by atoms with van der Waals surface area (Å²) in [7, 11) is 2.17. The summed E-state index contributed by atoms with van der Waals surface area (Å²) in [5, 5.41) is 3.38. The summed E-state index contributed by atoms with van der Waals surface area (Å²) in [6, 6.07) is 14.8. The van der Waals surface area contributed by atoms with E-state index in [1.807, 2.05) is 22.1 Å². The lowest BCUT2D eigenvalue weighted by atomic mass is 10.1. The first-order chi connectivity index (χ1) is 18.5. The van der Waals surface area contributed by atoms with Gasteiger partial charge in [0.05, 0.1) is 12.2 Å². The fraction of sp³-hybridized carbons (Fsp3) is 0.433. The molecule has 3 aromatic rings. The number of amides is 2. The molecule has 0 radical (unpaired) electrons. The predicted octanol–water partition coefficient (Wildman–Crippen LogP) is 5.48. The molecule has 3 aliphatic rings. The highest BCUT2D eigenvalue weighted by Gasteiger charge is 2.39. The van der Waals surface area contributed by atoms with E-state index in [4.69, 9.17) is 4.98 Å². The quantitative estimate of drug-likeness (QED) is 0.489. The van der Waals surface area contributed by atoms with Gasteiger partial charge in [-0.15, -0.1) is 0 Å². The van der Waals surface area contributed by atoms with Crippen LogP contribution in [0.3, 0.4) is 0 Å². The van der Waals surface area contributed by atoms with Crippen LogP contribution in [-0.4, -0.2) is 60.2 Å². The molecular formula is C30H37N7O. The zero-order valence-corrected chi connectivity index (χ0v) is 22.7. The van der Waals surface area contributed by atoms with Gasteiger partial charge in [-0.3, -0.25) is 9.80 Å². The van der Waals surface area contributed by atoms with Crippen LogP contribution in [0.2, 0.25) is 0 Å². The minimum Gasteiger partial charge on any atom is -0.369 e. The van der Waals surface area contributed by atoms with Crippen LogP contribution in [0.15, 0.2) is 48.7 Å². The van der Waals surface area contributed by atoms with E-state index in [0.717, 1.165) is 85.7 Å². The second kappa shape index (κ2) is 10.3. The average Bonchev–Trinajstić information content (AvgIpc) is 3.44. The molecule has 38 heavy (non-hydrogen) atoms. The Morgan fingerprint density at radius 3 is 2.29 bits per heavy atom. The van der Waals surface area contributed by atoms with Crippen molar-refractivity contribution in [3.05, 3.63) is 65.4 Å². The molecule has 0 unspecified atom stereocenters. The fourth-order valence-corrected chi connectivity index (χ4v) is 6.08. The maximum absolute atomic E-state index is 14.0. The number of hydrogen-bond acceptors (Lipinski definition) is 6. The molecule has 1 saturated heterocycles. The lowest BCUT2D eigenvalue weighted by Gasteiger charge is -2.40. The van der Waals surface area contributed by atoms with Crippen molar-refractivity contribution < 1.29 is 4.79 Å². The van der Waals surface area contributed by atoms with Crippen LogP contribution < -0.4 is 20.0 Å². The number of benzene rings is 2. The van der Waals surface area contributed by atoms with Gasteiger partial charge >= 0.3 is 6.03 Å². The normalized spacial score (nSPS) is 18.7. The Kier molecular flexibility index (Phi) is 6.66. The average molecular weight is 512 g/mol. The Balaban J connectivity index is 1.27. The molecule has 1 aromatic heterocycles.